The summed E-state index contributed by atoms with van der Waals surface area (Å²) in [6, 6.07) is 27.9. The van der Waals surface area contributed by atoms with Crippen LogP contribution in [0, 0.1) is 11.3 Å². The largest absolute Gasteiger partial charge is 0.507 e. The standard InChI is InChI=1S/C27H19N5O3/c28-15-20(26-29-22-13-7-8-14-23(22)30-26)24(33)17-35-27(34)21-16-32(19-11-5-2-6-12-19)31-25(21)18-9-3-1-4-10-18/h1-14,16,33H,17H2,(H,29,30)/b24-20-. The number of aromatic nitrogens is 4. The molecule has 2 N–H and O–H groups in total. The Morgan fingerprint density at radius 2 is 1.69 bits per heavy atom. The highest BCUT2D eigenvalue weighted by Gasteiger charge is 2.21. The number of hydrogen-bond acceptors (Lipinski definition) is 6. The molecule has 5 aromatic rings. The lowest BCUT2D eigenvalue weighted by Crippen LogP contribution is -2.10. The Bertz CT molecular complexity index is 1540. The highest BCUT2D eigenvalue weighted by molar-refractivity contribution is 5.96. The quantitative estimate of drug-likeness (QED) is 0.207. The van der Waals surface area contributed by atoms with Crippen LogP contribution >= 0.6 is 0 Å². The van der Waals surface area contributed by atoms with Gasteiger partial charge in [-0.15, -0.1) is 0 Å². The maximum absolute atomic E-state index is 13.1. The van der Waals surface area contributed by atoms with Crippen LogP contribution in [0.25, 0.3) is 33.6 Å². The number of esters is 1. The molecule has 0 bridgehead atoms. The fourth-order valence-electron chi connectivity index (χ4n) is 3.65. The minimum atomic E-state index is -0.681. The van der Waals surface area contributed by atoms with Gasteiger partial charge in [0, 0.05) is 11.8 Å². The molecule has 170 valence electrons. The fraction of sp³-hybridized carbons (Fsp3) is 0.0370. The molecule has 0 fully saturated rings. The van der Waals surface area contributed by atoms with E-state index in [1.807, 2.05) is 84.9 Å². The van der Waals surface area contributed by atoms with Crippen LogP contribution in [0.3, 0.4) is 0 Å². The first kappa shape index (κ1) is 21.7. The van der Waals surface area contributed by atoms with E-state index >= 15 is 0 Å². The van der Waals surface area contributed by atoms with Gasteiger partial charge >= 0.3 is 5.97 Å². The molecule has 0 radical (unpaired) electrons. The highest BCUT2D eigenvalue weighted by atomic mass is 16.5. The lowest BCUT2D eigenvalue weighted by Gasteiger charge is -2.06. The maximum atomic E-state index is 13.1. The van der Waals surface area contributed by atoms with Gasteiger partial charge in [-0.05, 0) is 24.3 Å². The molecule has 0 aliphatic rings. The monoisotopic (exact) mass is 461 g/mol. The van der Waals surface area contributed by atoms with Gasteiger partial charge in [0.25, 0.3) is 0 Å². The van der Waals surface area contributed by atoms with Crippen molar-refractivity contribution in [3.8, 4) is 23.0 Å². The minimum Gasteiger partial charge on any atom is -0.507 e. The minimum absolute atomic E-state index is 0.0998. The number of aromatic amines is 1. The average molecular weight is 461 g/mol. The summed E-state index contributed by atoms with van der Waals surface area (Å²) in [6.45, 7) is -0.497. The van der Waals surface area contributed by atoms with E-state index in [2.05, 4.69) is 15.1 Å². The van der Waals surface area contributed by atoms with Crippen molar-refractivity contribution in [2.45, 2.75) is 0 Å². The number of H-pyrrole nitrogens is 1. The Balaban J connectivity index is 1.44. The Morgan fingerprint density at radius 3 is 2.40 bits per heavy atom. The summed E-state index contributed by atoms with van der Waals surface area (Å²) >= 11 is 0. The summed E-state index contributed by atoms with van der Waals surface area (Å²) < 4.78 is 6.99. The number of aliphatic hydroxyl groups excluding tert-OH is 1. The number of nitriles is 1. The zero-order valence-electron chi connectivity index (χ0n) is 18.4. The van der Waals surface area contributed by atoms with E-state index in [0.717, 1.165) is 16.8 Å². The van der Waals surface area contributed by atoms with Crippen molar-refractivity contribution in [2.24, 2.45) is 0 Å². The number of ether oxygens (including phenoxy) is 1. The van der Waals surface area contributed by atoms with E-state index in [0.29, 0.717) is 11.2 Å². The summed E-state index contributed by atoms with van der Waals surface area (Å²) in [5.41, 5.74) is 3.48. The number of aliphatic hydroxyl groups is 1. The van der Waals surface area contributed by atoms with Gasteiger partial charge in [-0.1, -0.05) is 60.7 Å². The van der Waals surface area contributed by atoms with Gasteiger partial charge in [-0.25, -0.2) is 14.5 Å². The van der Waals surface area contributed by atoms with Crippen LogP contribution in [-0.2, 0) is 4.74 Å². The molecule has 0 aliphatic carbocycles. The lowest BCUT2D eigenvalue weighted by atomic mass is 10.1. The van der Waals surface area contributed by atoms with Gasteiger partial charge in [0.05, 0.1) is 16.7 Å². The van der Waals surface area contributed by atoms with Crippen molar-refractivity contribution in [1.29, 1.82) is 5.26 Å². The van der Waals surface area contributed by atoms with Crippen LogP contribution in [0.15, 0.2) is 96.9 Å². The average Bonchev–Trinajstić information content (AvgIpc) is 3.54. The number of imidazole rings is 1. The molecular weight excluding hydrogens is 442 g/mol. The topological polar surface area (TPSA) is 117 Å². The second kappa shape index (κ2) is 9.37. The molecule has 2 aromatic heterocycles. The molecule has 0 aliphatic heterocycles. The lowest BCUT2D eigenvalue weighted by molar-refractivity contribution is 0.0503. The van der Waals surface area contributed by atoms with E-state index in [1.165, 1.54) is 0 Å². The SMILES string of the molecule is N#C/C(=C(/O)COC(=O)c1cn(-c2ccccc2)nc1-c1ccccc1)c1nc2ccccc2[nH]1. The van der Waals surface area contributed by atoms with Crippen molar-refractivity contribution in [3.05, 3.63) is 108 Å². The number of benzene rings is 3. The van der Waals surface area contributed by atoms with E-state index in [-0.39, 0.29) is 17.0 Å². The third-order valence-corrected chi connectivity index (χ3v) is 5.37. The Labute approximate surface area is 200 Å². The summed E-state index contributed by atoms with van der Waals surface area (Å²) in [5, 5.41) is 24.7. The third kappa shape index (κ3) is 4.38. The van der Waals surface area contributed by atoms with E-state index < -0.39 is 18.3 Å². The molecule has 3 aromatic carbocycles. The van der Waals surface area contributed by atoms with Crippen molar-refractivity contribution < 1.29 is 14.6 Å². The molecule has 8 heteroatoms. The zero-order valence-corrected chi connectivity index (χ0v) is 18.4. The molecular formula is C27H19N5O3. The Hall–Kier alpha value is -5.16. The molecule has 0 atom stereocenters. The summed E-state index contributed by atoms with van der Waals surface area (Å²) in [5.74, 6) is -0.889. The number of rotatable bonds is 6. The van der Waals surface area contributed by atoms with Crippen LogP contribution in [-0.4, -0.2) is 37.4 Å². The molecule has 0 saturated heterocycles. The van der Waals surface area contributed by atoms with Gasteiger partial charge in [0.15, 0.2) is 11.6 Å². The van der Waals surface area contributed by atoms with Gasteiger partial charge in [0.1, 0.15) is 29.5 Å². The molecule has 0 amide bonds. The van der Waals surface area contributed by atoms with E-state index in [1.54, 1.807) is 16.9 Å². The number of fused-ring (bicyclic) bond motifs is 1. The number of para-hydroxylation sites is 3. The van der Waals surface area contributed by atoms with Crippen LogP contribution < -0.4 is 0 Å². The van der Waals surface area contributed by atoms with Crippen molar-refractivity contribution in [2.75, 3.05) is 6.61 Å². The van der Waals surface area contributed by atoms with Crippen molar-refractivity contribution in [1.82, 2.24) is 19.7 Å². The highest BCUT2D eigenvalue weighted by Crippen LogP contribution is 2.25. The van der Waals surface area contributed by atoms with Crippen LogP contribution in [0.5, 0.6) is 0 Å². The summed E-state index contributed by atoms with van der Waals surface area (Å²) in [6.07, 6.45) is 1.59. The van der Waals surface area contributed by atoms with Crippen LogP contribution in [0.4, 0.5) is 0 Å². The predicted molar refractivity (Wildman–Crippen MR) is 131 cm³/mol. The second-order valence-electron chi connectivity index (χ2n) is 7.65. The molecule has 0 unspecified atom stereocenters. The third-order valence-electron chi connectivity index (χ3n) is 5.37. The van der Waals surface area contributed by atoms with Crippen molar-refractivity contribution >= 4 is 22.6 Å². The first-order valence-corrected chi connectivity index (χ1v) is 10.8. The van der Waals surface area contributed by atoms with Crippen molar-refractivity contribution in [3.63, 3.8) is 0 Å². The maximum Gasteiger partial charge on any atom is 0.342 e. The van der Waals surface area contributed by atoms with Gasteiger partial charge < -0.3 is 14.8 Å². The van der Waals surface area contributed by atoms with E-state index in [4.69, 9.17) is 4.74 Å². The number of carbonyl (C=O) groups is 1. The molecule has 2 heterocycles. The smallest absolute Gasteiger partial charge is 0.342 e. The molecule has 5 rings (SSSR count). The predicted octanol–water partition coefficient (Wildman–Crippen LogP) is 5.07. The van der Waals surface area contributed by atoms with Gasteiger partial charge in [-0.2, -0.15) is 10.4 Å². The summed E-state index contributed by atoms with van der Waals surface area (Å²) in [4.78, 5) is 20.4. The number of allylic oxidation sites excluding steroid dienone is 1. The number of hydrogen-bond donors (Lipinski definition) is 2. The molecule has 0 saturated carbocycles. The first-order valence-electron chi connectivity index (χ1n) is 10.8. The first-order chi connectivity index (χ1) is 17.1. The molecule has 0 spiro atoms. The van der Waals surface area contributed by atoms with Crippen LogP contribution in [0.2, 0.25) is 0 Å². The van der Waals surface area contributed by atoms with Gasteiger partial charge in [-0.3, -0.25) is 0 Å². The zero-order chi connectivity index (χ0) is 24.2. The Morgan fingerprint density at radius 1 is 1.00 bits per heavy atom. The normalized spacial score (nSPS) is 11.6. The molecule has 35 heavy (non-hydrogen) atoms. The fourth-order valence-corrected chi connectivity index (χ4v) is 3.65. The summed E-state index contributed by atoms with van der Waals surface area (Å²) in [7, 11) is 0. The van der Waals surface area contributed by atoms with Gasteiger partial charge in [0.2, 0.25) is 0 Å². The number of carbonyl (C=O) groups excluding carboxylic acids is 1. The Kier molecular flexibility index (Phi) is 5.80. The number of nitrogens with one attached hydrogen (secondary N) is 1. The second-order valence-corrected chi connectivity index (χ2v) is 7.65. The number of nitrogens with zero attached hydrogens (tertiary/aromatic N) is 4. The van der Waals surface area contributed by atoms with Crippen LogP contribution in [0.1, 0.15) is 16.2 Å². The van der Waals surface area contributed by atoms with E-state index in [9.17, 15) is 15.2 Å². The molecule has 8 nitrogen and oxygen atoms in total.